The summed E-state index contributed by atoms with van der Waals surface area (Å²) in [6, 6.07) is 4.72. The second-order valence-corrected chi connectivity index (χ2v) is 4.36. The Kier molecular flexibility index (Phi) is 2.65. The highest BCUT2D eigenvalue weighted by Crippen LogP contribution is 2.37. The van der Waals surface area contributed by atoms with Crippen LogP contribution in [0.3, 0.4) is 0 Å². The van der Waals surface area contributed by atoms with Gasteiger partial charge in [-0.05, 0) is 18.9 Å². The molecule has 82 valence electrons. The number of fused-ring (bicyclic) bond motifs is 1. The molecular formula is C12H16FNO. The van der Waals surface area contributed by atoms with Gasteiger partial charge in [0.25, 0.3) is 0 Å². The summed E-state index contributed by atoms with van der Waals surface area (Å²) in [5, 5.41) is 0. The van der Waals surface area contributed by atoms with Gasteiger partial charge in [0.15, 0.2) is 0 Å². The molecule has 3 heteroatoms. The first-order chi connectivity index (χ1) is 7.15. The van der Waals surface area contributed by atoms with E-state index in [1.54, 1.807) is 6.07 Å². The Morgan fingerprint density at radius 3 is 3.07 bits per heavy atom. The van der Waals surface area contributed by atoms with Crippen LogP contribution < -0.4 is 10.5 Å². The second kappa shape index (κ2) is 3.81. The third kappa shape index (κ3) is 1.84. The van der Waals surface area contributed by atoms with Crippen molar-refractivity contribution < 1.29 is 9.13 Å². The van der Waals surface area contributed by atoms with Gasteiger partial charge in [-0.15, -0.1) is 0 Å². The van der Waals surface area contributed by atoms with Gasteiger partial charge in [-0.1, -0.05) is 13.0 Å². The molecule has 1 heterocycles. The predicted octanol–water partition coefficient (Wildman–Crippen LogP) is 2.21. The van der Waals surface area contributed by atoms with Crippen molar-refractivity contribution in [3.8, 4) is 5.75 Å². The molecule has 0 aromatic heterocycles. The zero-order valence-corrected chi connectivity index (χ0v) is 8.92. The Balaban J connectivity index is 2.50. The van der Waals surface area contributed by atoms with Gasteiger partial charge in [-0.25, -0.2) is 4.39 Å². The summed E-state index contributed by atoms with van der Waals surface area (Å²) in [4.78, 5) is 0. The second-order valence-electron chi connectivity index (χ2n) is 4.36. The molecule has 2 nitrogen and oxygen atoms in total. The van der Waals surface area contributed by atoms with Gasteiger partial charge in [-0.3, -0.25) is 0 Å². The molecule has 0 amide bonds. The van der Waals surface area contributed by atoms with Crippen molar-refractivity contribution in [1.29, 1.82) is 0 Å². The summed E-state index contributed by atoms with van der Waals surface area (Å²) in [6.07, 6.45) is 1.95. The number of benzene rings is 1. The van der Waals surface area contributed by atoms with Crippen LogP contribution in [-0.2, 0) is 5.41 Å². The fraction of sp³-hybridized carbons (Fsp3) is 0.500. The molecule has 1 atom stereocenters. The highest BCUT2D eigenvalue weighted by molar-refractivity contribution is 5.40. The third-order valence-electron chi connectivity index (χ3n) is 3.17. The van der Waals surface area contributed by atoms with Crippen molar-refractivity contribution in [3.05, 3.63) is 29.6 Å². The Morgan fingerprint density at radius 2 is 2.33 bits per heavy atom. The van der Waals surface area contributed by atoms with Crippen LogP contribution in [0.25, 0.3) is 0 Å². The van der Waals surface area contributed by atoms with Gasteiger partial charge in [-0.2, -0.15) is 0 Å². The van der Waals surface area contributed by atoms with E-state index < -0.39 is 0 Å². The van der Waals surface area contributed by atoms with E-state index >= 15 is 0 Å². The molecule has 1 aromatic carbocycles. The molecule has 1 aliphatic heterocycles. The lowest BCUT2D eigenvalue weighted by Gasteiger charge is -2.27. The molecule has 1 aromatic rings. The Morgan fingerprint density at radius 1 is 1.53 bits per heavy atom. The largest absolute Gasteiger partial charge is 0.493 e. The summed E-state index contributed by atoms with van der Waals surface area (Å²) in [7, 11) is 0. The Labute approximate surface area is 89.2 Å². The first kappa shape index (κ1) is 10.4. The van der Waals surface area contributed by atoms with Crippen LogP contribution in [0.4, 0.5) is 4.39 Å². The summed E-state index contributed by atoms with van der Waals surface area (Å²) in [6.45, 7) is 3.32. The normalized spacial score (nSPS) is 25.3. The van der Waals surface area contributed by atoms with Crippen LogP contribution in [0.2, 0.25) is 0 Å². The Hall–Kier alpha value is -1.09. The topological polar surface area (TPSA) is 35.2 Å². The number of hydrogen-bond donors (Lipinski definition) is 1. The van der Waals surface area contributed by atoms with Crippen LogP contribution in [-0.4, -0.2) is 13.2 Å². The van der Waals surface area contributed by atoms with E-state index in [1.165, 1.54) is 12.1 Å². The molecule has 1 aliphatic rings. The van der Waals surface area contributed by atoms with Gasteiger partial charge in [0.2, 0.25) is 0 Å². The fourth-order valence-corrected chi connectivity index (χ4v) is 2.11. The molecule has 1 unspecified atom stereocenters. The molecule has 15 heavy (non-hydrogen) atoms. The summed E-state index contributed by atoms with van der Waals surface area (Å²) in [5.41, 5.74) is 6.76. The van der Waals surface area contributed by atoms with Crippen molar-refractivity contribution in [3.63, 3.8) is 0 Å². The zero-order valence-electron chi connectivity index (χ0n) is 8.92. The van der Waals surface area contributed by atoms with Gasteiger partial charge < -0.3 is 10.5 Å². The number of nitrogens with two attached hydrogens (primary N) is 1. The zero-order chi connectivity index (χ0) is 10.9. The van der Waals surface area contributed by atoms with Crippen LogP contribution >= 0.6 is 0 Å². The van der Waals surface area contributed by atoms with Gasteiger partial charge in [0, 0.05) is 23.6 Å². The maximum absolute atomic E-state index is 13.1. The Bertz CT molecular complexity index is 367. The molecule has 0 radical (unpaired) electrons. The van der Waals surface area contributed by atoms with Crippen LogP contribution in [0.5, 0.6) is 5.75 Å². The van der Waals surface area contributed by atoms with Crippen molar-refractivity contribution in [2.24, 2.45) is 5.73 Å². The lowest BCUT2D eigenvalue weighted by Crippen LogP contribution is -2.31. The lowest BCUT2D eigenvalue weighted by atomic mass is 9.79. The molecule has 0 fully saturated rings. The minimum Gasteiger partial charge on any atom is -0.493 e. The predicted molar refractivity (Wildman–Crippen MR) is 57.5 cm³/mol. The summed E-state index contributed by atoms with van der Waals surface area (Å²) >= 11 is 0. The van der Waals surface area contributed by atoms with E-state index in [9.17, 15) is 4.39 Å². The molecule has 0 bridgehead atoms. The van der Waals surface area contributed by atoms with Crippen LogP contribution in [0.1, 0.15) is 25.3 Å². The fourth-order valence-electron chi connectivity index (χ4n) is 2.11. The molecule has 2 rings (SSSR count). The van der Waals surface area contributed by atoms with Crippen molar-refractivity contribution in [2.45, 2.75) is 25.2 Å². The first-order valence-corrected chi connectivity index (χ1v) is 5.29. The average Bonchev–Trinajstić information content (AvgIpc) is 2.39. The standard InChI is InChI=1S/C12H16FNO/c1-12(8-14)5-2-6-15-11-7-9(13)3-4-10(11)12/h3-4,7H,2,5-6,8,14H2,1H3. The van der Waals surface area contributed by atoms with E-state index in [0.29, 0.717) is 18.9 Å². The minimum atomic E-state index is -0.255. The summed E-state index contributed by atoms with van der Waals surface area (Å²) in [5.74, 6) is 0.399. The highest BCUT2D eigenvalue weighted by atomic mass is 19.1. The third-order valence-corrected chi connectivity index (χ3v) is 3.17. The van der Waals surface area contributed by atoms with Gasteiger partial charge in [0.1, 0.15) is 11.6 Å². The quantitative estimate of drug-likeness (QED) is 0.769. The van der Waals surface area contributed by atoms with E-state index in [-0.39, 0.29) is 11.2 Å². The van der Waals surface area contributed by atoms with E-state index in [0.717, 1.165) is 18.4 Å². The molecule has 0 saturated carbocycles. The number of hydrogen-bond acceptors (Lipinski definition) is 2. The van der Waals surface area contributed by atoms with Crippen molar-refractivity contribution >= 4 is 0 Å². The number of rotatable bonds is 1. The van der Waals surface area contributed by atoms with Crippen molar-refractivity contribution in [1.82, 2.24) is 0 Å². The smallest absolute Gasteiger partial charge is 0.126 e. The number of ether oxygens (including phenoxy) is 1. The van der Waals surface area contributed by atoms with Crippen molar-refractivity contribution in [2.75, 3.05) is 13.2 Å². The molecule has 0 aliphatic carbocycles. The first-order valence-electron chi connectivity index (χ1n) is 5.29. The SMILES string of the molecule is CC1(CN)CCCOc2cc(F)ccc21. The number of halogens is 1. The van der Waals surface area contributed by atoms with Crippen LogP contribution in [0, 0.1) is 5.82 Å². The molecule has 0 saturated heterocycles. The monoisotopic (exact) mass is 209 g/mol. The maximum atomic E-state index is 13.1. The molecule has 2 N–H and O–H groups in total. The van der Waals surface area contributed by atoms with Crippen LogP contribution in [0.15, 0.2) is 18.2 Å². The minimum absolute atomic E-state index is 0.0838. The van der Waals surface area contributed by atoms with E-state index in [4.69, 9.17) is 10.5 Å². The van der Waals surface area contributed by atoms with E-state index in [1.807, 2.05) is 0 Å². The highest BCUT2D eigenvalue weighted by Gasteiger charge is 2.30. The van der Waals surface area contributed by atoms with Gasteiger partial charge >= 0.3 is 0 Å². The molecule has 0 spiro atoms. The maximum Gasteiger partial charge on any atom is 0.126 e. The summed E-state index contributed by atoms with van der Waals surface area (Å²) < 4.78 is 18.6. The van der Waals surface area contributed by atoms with E-state index in [2.05, 4.69) is 6.92 Å². The lowest BCUT2D eigenvalue weighted by molar-refractivity contribution is 0.311. The van der Waals surface area contributed by atoms with Gasteiger partial charge in [0.05, 0.1) is 6.61 Å². The average molecular weight is 209 g/mol. The molecular weight excluding hydrogens is 193 g/mol.